The maximum absolute atomic E-state index is 6.46. The van der Waals surface area contributed by atoms with Crippen LogP contribution in [0.4, 0.5) is 0 Å². The Balaban J connectivity index is 2.21. The second kappa shape index (κ2) is 6.32. The van der Waals surface area contributed by atoms with E-state index in [1.807, 2.05) is 24.3 Å². The lowest BCUT2D eigenvalue weighted by atomic mass is 9.97. The highest BCUT2D eigenvalue weighted by Gasteiger charge is 2.23. The van der Waals surface area contributed by atoms with Gasteiger partial charge >= 0.3 is 0 Å². The summed E-state index contributed by atoms with van der Waals surface area (Å²) in [6, 6.07) is 19.5. The van der Waals surface area contributed by atoms with Crippen LogP contribution in [0.2, 0.25) is 0 Å². The zero-order valence-electron chi connectivity index (χ0n) is 11.4. The topological polar surface area (TPSA) is 26.0 Å². The summed E-state index contributed by atoms with van der Waals surface area (Å²) >= 11 is 0. The maximum Gasteiger partial charge on any atom is 0.0804 e. The Morgan fingerprint density at radius 1 is 1.05 bits per heavy atom. The number of nitrogens with two attached hydrogens (primary N) is 1. The lowest BCUT2D eigenvalue weighted by molar-refractivity contribution is 0.780. The number of unbranched alkanes of at least 4 members (excludes halogenated alkanes) is 1. The molecule has 0 bridgehead atoms. The summed E-state index contributed by atoms with van der Waals surface area (Å²) in [6.45, 7) is 2.22. The van der Waals surface area contributed by atoms with Crippen molar-refractivity contribution >= 4 is 9.24 Å². The van der Waals surface area contributed by atoms with E-state index in [0.717, 1.165) is 17.5 Å². The number of hydrogen-bond acceptors (Lipinski definition) is 1. The summed E-state index contributed by atoms with van der Waals surface area (Å²) in [7, 11) is 2.76. The van der Waals surface area contributed by atoms with Crippen LogP contribution in [0, 0.1) is 6.07 Å². The molecule has 1 nitrogen and oxygen atoms in total. The molecular formula is C17H21NP. The van der Waals surface area contributed by atoms with Gasteiger partial charge in [0.25, 0.3) is 0 Å². The molecule has 2 aromatic carbocycles. The molecule has 0 aromatic heterocycles. The SMILES string of the molecule is CCCCc1ccc(C(N)(P)c2cc[c]cc2)cc1. The van der Waals surface area contributed by atoms with Crippen molar-refractivity contribution in [1.29, 1.82) is 0 Å². The molecule has 2 aromatic rings. The number of rotatable bonds is 5. The van der Waals surface area contributed by atoms with Crippen molar-refractivity contribution in [2.24, 2.45) is 5.73 Å². The first-order chi connectivity index (χ1) is 9.14. The van der Waals surface area contributed by atoms with Crippen LogP contribution in [0.3, 0.4) is 0 Å². The summed E-state index contributed by atoms with van der Waals surface area (Å²) in [5.74, 6) is 0. The van der Waals surface area contributed by atoms with E-state index < -0.39 is 5.28 Å². The van der Waals surface area contributed by atoms with Crippen LogP contribution in [0.5, 0.6) is 0 Å². The van der Waals surface area contributed by atoms with E-state index in [0.29, 0.717) is 0 Å². The summed E-state index contributed by atoms with van der Waals surface area (Å²) in [6.07, 6.45) is 3.61. The molecule has 2 rings (SSSR count). The molecule has 2 atom stereocenters. The second-order valence-corrected chi connectivity index (χ2v) is 5.87. The molecule has 0 heterocycles. The van der Waals surface area contributed by atoms with Gasteiger partial charge in [0.15, 0.2) is 0 Å². The number of hydrogen-bond donors (Lipinski definition) is 1. The maximum atomic E-state index is 6.46. The lowest BCUT2D eigenvalue weighted by Crippen LogP contribution is -2.30. The highest BCUT2D eigenvalue weighted by molar-refractivity contribution is 7.18. The average molecular weight is 270 g/mol. The third-order valence-electron chi connectivity index (χ3n) is 3.45. The van der Waals surface area contributed by atoms with Gasteiger partial charge in [0, 0.05) is 0 Å². The molecule has 0 spiro atoms. The van der Waals surface area contributed by atoms with Crippen LogP contribution in [0.1, 0.15) is 36.5 Å². The van der Waals surface area contributed by atoms with E-state index >= 15 is 0 Å². The monoisotopic (exact) mass is 270 g/mol. The van der Waals surface area contributed by atoms with Crippen molar-refractivity contribution in [3.8, 4) is 0 Å². The van der Waals surface area contributed by atoms with Gasteiger partial charge in [-0.3, -0.25) is 0 Å². The van der Waals surface area contributed by atoms with E-state index in [4.69, 9.17) is 5.73 Å². The van der Waals surface area contributed by atoms with Crippen LogP contribution < -0.4 is 5.73 Å². The Morgan fingerprint density at radius 2 is 1.63 bits per heavy atom. The van der Waals surface area contributed by atoms with Gasteiger partial charge in [0.2, 0.25) is 0 Å². The van der Waals surface area contributed by atoms with Gasteiger partial charge in [-0.15, -0.1) is 9.24 Å². The molecule has 1 radical (unpaired) electrons. The molecule has 2 N–H and O–H groups in total. The smallest absolute Gasteiger partial charge is 0.0804 e. The number of benzene rings is 2. The molecular weight excluding hydrogens is 249 g/mol. The van der Waals surface area contributed by atoms with E-state index in [9.17, 15) is 0 Å². The second-order valence-electron chi connectivity index (χ2n) is 4.96. The molecule has 0 saturated carbocycles. The van der Waals surface area contributed by atoms with E-state index in [1.165, 1.54) is 18.4 Å². The predicted molar refractivity (Wildman–Crippen MR) is 85.0 cm³/mol. The van der Waals surface area contributed by atoms with E-state index in [2.05, 4.69) is 46.5 Å². The Hall–Kier alpha value is -1.17. The molecule has 0 aliphatic carbocycles. The normalized spacial score (nSPS) is 14.1. The minimum absolute atomic E-state index is 0.529. The molecule has 0 aliphatic rings. The van der Waals surface area contributed by atoms with Gasteiger partial charge < -0.3 is 5.73 Å². The Morgan fingerprint density at radius 3 is 2.21 bits per heavy atom. The first-order valence-corrected chi connectivity index (χ1v) is 7.36. The average Bonchev–Trinajstić information content (AvgIpc) is 2.46. The van der Waals surface area contributed by atoms with Crippen molar-refractivity contribution in [1.82, 2.24) is 0 Å². The zero-order chi connectivity index (χ0) is 13.7. The molecule has 0 saturated heterocycles. The highest BCUT2D eigenvalue weighted by Crippen LogP contribution is 2.33. The number of aryl methyl sites for hydroxylation is 1. The summed E-state index contributed by atoms with van der Waals surface area (Å²) in [5, 5.41) is -0.529. The van der Waals surface area contributed by atoms with Gasteiger partial charge in [0.05, 0.1) is 5.28 Å². The quantitative estimate of drug-likeness (QED) is 0.820. The van der Waals surface area contributed by atoms with Crippen molar-refractivity contribution in [3.05, 3.63) is 71.3 Å². The fourth-order valence-corrected chi connectivity index (χ4v) is 2.54. The summed E-state index contributed by atoms with van der Waals surface area (Å²) < 4.78 is 0. The lowest BCUT2D eigenvalue weighted by Gasteiger charge is -2.26. The molecule has 19 heavy (non-hydrogen) atoms. The minimum Gasteiger partial charge on any atom is -0.315 e. The molecule has 99 valence electrons. The Labute approximate surface area is 118 Å². The zero-order valence-corrected chi connectivity index (χ0v) is 12.5. The molecule has 2 unspecified atom stereocenters. The van der Waals surface area contributed by atoms with Crippen molar-refractivity contribution in [2.45, 2.75) is 31.5 Å². The largest absolute Gasteiger partial charge is 0.315 e. The van der Waals surface area contributed by atoms with E-state index in [-0.39, 0.29) is 0 Å². The van der Waals surface area contributed by atoms with Gasteiger partial charge in [-0.25, -0.2) is 0 Å². The van der Waals surface area contributed by atoms with Crippen LogP contribution in [-0.2, 0) is 11.7 Å². The first-order valence-electron chi connectivity index (χ1n) is 6.78. The summed E-state index contributed by atoms with van der Waals surface area (Å²) in [5.41, 5.74) is 10.0. The van der Waals surface area contributed by atoms with Crippen LogP contribution in [0.15, 0.2) is 48.5 Å². The first kappa shape index (κ1) is 14.2. The Bertz CT molecular complexity index is 503. The van der Waals surface area contributed by atoms with Gasteiger partial charge in [-0.1, -0.05) is 61.9 Å². The minimum atomic E-state index is -0.529. The standard InChI is InChI=1S/C17H21NP/c1-2-3-7-14-10-12-16(13-11-14)17(18,19)15-8-5-4-6-9-15/h5-6,8-13H,2-3,7,18-19H2,1H3. The van der Waals surface area contributed by atoms with Gasteiger partial charge in [0.1, 0.15) is 0 Å². The van der Waals surface area contributed by atoms with Gasteiger partial charge in [-0.2, -0.15) is 0 Å². The third-order valence-corrected chi connectivity index (χ3v) is 4.11. The van der Waals surface area contributed by atoms with Gasteiger partial charge in [-0.05, 0) is 35.6 Å². The fraction of sp³-hybridized carbons (Fsp3) is 0.294. The molecule has 0 aliphatic heterocycles. The highest BCUT2D eigenvalue weighted by atomic mass is 31.0. The van der Waals surface area contributed by atoms with Crippen LogP contribution >= 0.6 is 9.24 Å². The van der Waals surface area contributed by atoms with Crippen LogP contribution in [0.25, 0.3) is 0 Å². The van der Waals surface area contributed by atoms with Crippen molar-refractivity contribution in [2.75, 3.05) is 0 Å². The van der Waals surface area contributed by atoms with E-state index in [1.54, 1.807) is 0 Å². The third kappa shape index (κ3) is 3.43. The molecule has 2 heteroatoms. The fourth-order valence-electron chi connectivity index (χ4n) is 2.16. The Kier molecular flexibility index (Phi) is 4.74. The summed E-state index contributed by atoms with van der Waals surface area (Å²) in [4.78, 5) is 0. The molecule has 0 amide bonds. The predicted octanol–water partition coefficient (Wildman–Crippen LogP) is 3.86. The van der Waals surface area contributed by atoms with Crippen LogP contribution in [-0.4, -0.2) is 0 Å². The van der Waals surface area contributed by atoms with Crippen molar-refractivity contribution < 1.29 is 0 Å². The molecule has 0 fully saturated rings. The van der Waals surface area contributed by atoms with Crippen molar-refractivity contribution in [3.63, 3.8) is 0 Å².